The van der Waals surface area contributed by atoms with Gasteiger partial charge in [0.05, 0.1) is 40.5 Å². The molecule has 1 saturated carbocycles. The Labute approximate surface area is 199 Å². The van der Waals surface area contributed by atoms with E-state index in [4.69, 9.17) is 21.6 Å². The third-order valence-electron chi connectivity index (χ3n) is 6.13. The number of methoxy groups -OCH3 is 1. The van der Waals surface area contributed by atoms with Crippen molar-refractivity contribution in [1.82, 2.24) is 19.9 Å². The molecule has 9 nitrogen and oxygen atoms in total. The van der Waals surface area contributed by atoms with Crippen LogP contribution in [0.15, 0.2) is 35.7 Å². The van der Waals surface area contributed by atoms with Crippen molar-refractivity contribution in [1.29, 1.82) is 0 Å². The first-order chi connectivity index (χ1) is 16.4. The molecule has 0 spiro atoms. The summed E-state index contributed by atoms with van der Waals surface area (Å²) in [6, 6.07) is 3.41. The molecular formula is C23H22FN7O2S. The fourth-order valence-corrected chi connectivity index (χ4v) is 5.99. The normalized spacial score (nSPS) is 25.2. The van der Waals surface area contributed by atoms with Crippen LogP contribution in [0.25, 0.3) is 11.0 Å². The van der Waals surface area contributed by atoms with Crippen LogP contribution in [0.4, 0.5) is 15.9 Å². The molecule has 3 aromatic rings. The molecule has 1 aliphatic carbocycles. The predicted molar refractivity (Wildman–Crippen MR) is 128 cm³/mol. The van der Waals surface area contributed by atoms with Crippen molar-refractivity contribution in [3.05, 3.63) is 42.2 Å². The second kappa shape index (κ2) is 8.38. The van der Waals surface area contributed by atoms with Crippen LogP contribution in [0.3, 0.4) is 0 Å². The van der Waals surface area contributed by atoms with Crippen molar-refractivity contribution in [3.8, 4) is 18.2 Å². The molecule has 1 fully saturated rings. The number of aliphatic imine (C=N–C) groups is 1. The van der Waals surface area contributed by atoms with E-state index in [1.54, 1.807) is 25.4 Å². The van der Waals surface area contributed by atoms with Crippen molar-refractivity contribution in [2.24, 2.45) is 16.6 Å². The number of halogens is 1. The summed E-state index contributed by atoms with van der Waals surface area (Å²) in [7, 11) is 1.65. The SMILES string of the molecule is C#CCOc1cnc2c(Nc3cnc(F)c([C@@]4(C)N=C(N)S[C@@]5(COC)C[C@H]54)c3)nccc2n1. The van der Waals surface area contributed by atoms with Crippen LogP contribution in [-0.2, 0) is 10.3 Å². The molecule has 0 bridgehead atoms. The number of hydrogen-bond donors (Lipinski definition) is 2. The lowest BCUT2D eigenvalue weighted by Crippen LogP contribution is -2.37. The Morgan fingerprint density at radius 3 is 3.00 bits per heavy atom. The van der Waals surface area contributed by atoms with Gasteiger partial charge in [0, 0.05) is 24.8 Å². The summed E-state index contributed by atoms with van der Waals surface area (Å²) in [6.07, 6.45) is 10.5. The van der Waals surface area contributed by atoms with E-state index in [1.165, 1.54) is 24.2 Å². The zero-order valence-electron chi connectivity index (χ0n) is 18.6. The lowest BCUT2D eigenvalue weighted by molar-refractivity contribution is 0.184. The number of nitrogens with one attached hydrogen (secondary N) is 1. The number of rotatable bonds is 7. The van der Waals surface area contributed by atoms with Crippen molar-refractivity contribution >= 4 is 39.5 Å². The molecule has 1 aliphatic heterocycles. The fraction of sp³-hybridized carbons (Fsp3) is 0.348. The fourth-order valence-electron chi connectivity index (χ4n) is 4.54. The number of fused-ring (bicyclic) bond motifs is 2. The topological polar surface area (TPSA) is 120 Å². The maximum absolute atomic E-state index is 15.0. The Morgan fingerprint density at radius 2 is 2.21 bits per heavy atom. The molecule has 34 heavy (non-hydrogen) atoms. The number of amidine groups is 1. The molecule has 0 amide bonds. The van der Waals surface area contributed by atoms with Gasteiger partial charge in [-0.2, -0.15) is 4.39 Å². The highest BCUT2D eigenvalue weighted by Gasteiger charge is 2.66. The van der Waals surface area contributed by atoms with Gasteiger partial charge >= 0.3 is 0 Å². The van der Waals surface area contributed by atoms with Crippen molar-refractivity contribution in [2.45, 2.75) is 23.6 Å². The lowest BCUT2D eigenvalue weighted by atomic mass is 9.86. The molecule has 5 rings (SSSR count). The Balaban J connectivity index is 1.48. The Kier molecular flexibility index (Phi) is 5.50. The highest BCUT2D eigenvalue weighted by Crippen LogP contribution is 2.65. The summed E-state index contributed by atoms with van der Waals surface area (Å²) in [5.74, 6) is 2.64. The van der Waals surface area contributed by atoms with E-state index in [0.717, 1.165) is 6.42 Å². The van der Waals surface area contributed by atoms with E-state index in [0.29, 0.717) is 45.8 Å². The number of ether oxygens (including phenoxy) is 2. The zero-order chi connectivity index (χ0) is 23.9. The molecule has 3 atom stereocenters. The number of thioether (sulfide) groups is 1. The van der Waals surface area contributed by atoms with Gasteiger partial charge in [-0.1, -0.05) is 17.7 Å². The first-order valence-electron chi connectivity index (χ1n) is 10.5. The van der Waals surface area contributed by atoms with E-state index >= 15 is 4.39 Å². The zero-order valence-corrected chi connectivity index (χ0v) is 19.4. The third-order valence-corrected chi connectivity index (χ3v) is 7.41. The van der Waals surface area contributed by atoms with E-state index < -0.39 is 11.5 Å². The van der Waals surface area contributed by atoms with Gasteiger partial charge in [0.25, 0.3) is 0 Å². The van der Waals surface area contributed by atoms with Crippen molar-refractivity contribution in [2.75, 3.05) is 25.6 Å². The molecule has 3 N–H and O–H groups in total. The summed E-state index contributed by atoms with van der Waals surface area (Å²) in [5.41, 5.74) is 7.27. The molecule has 4 heterocycles. The monoisotopic (exact) mass is 479 g/mol. The molecule has 0 saturated heterocycles. The van der Waals surface area contributed by atoms with E-state index in [1.807, 2.05) is 6.92 Å². The van der Waals surface area contributed by atoms with Crippen LogP contribution in [0.2, 0.25) is 0 Å². The molecule has 0 radical (unpaired) electrons. The van der Waals surface area contributed by atoms with Gasteiger partial charge in [0.2, 0.25) is 11.8 Å². The number of aromatic nitrogens is 4. The van der Waals surface area contributed by atoms with Gasteiger partial charge in [-0.05, 0) is 25.5 Å². The summed E-state index contributed by atoms with van der Waals surface area (Å²) in [6.45, 7) is 2.51. The van der Waals surface area contributed by atoms with Crippen molar-refractivity contribution in [3.63, 3.8) is 0 Å². The predicted octanol–water partition coefficient (Wildman–Crippen LogP) is 3.00. The number of pyridine rings is 2. The molecule has 0 unspecified atom stereocenters. The second-order valence-electron chi connectivity index (χ2n) is 8.37. The lowest BCUT2D eigenvalue weighted by Gasteiger charge is -2.33. The van der Waals surface area contributed by atoms with Gasteiger partial charge in [-0.25, -0.2) is 19.9 Å². The van der Waals surface area contributed by atoms with Gasteiger partial charge in [-0.15, -0.1) is 6.42 Å². The minimum Gasteiger partial charge on any atom is -0.463 e. The second-order valence-corrected chi connectivity index (χ2v) is 9.81. The maximum atomic E-state index is 15.0. The highest BCUT2D eigenvalue weighted by atomic mass is 32.2. The van der Waals surface area contributed by atoms with Crippen LogP contribution in [0.5, 0.6) is 5.88 Å². The average Bonchev–Trinajstić information content (AvgIpc) is 3.54. The summed E-state index contributed by atoms with van der Waals surface area (Å²) in [4.78, 5) is 21.8. The number of anilines is 2. The number of nitrogens with two attached hydrogens (primary N) is 1. The van der Waals surface area contributed by atoms with Gasteiger partial charge in [-0.3, -0.25) is 4.99 Å². The summed E-state index contributed by atoms with van der Waals surface area (Å²) in [5, 5.41) is 3.60. The van der Waals surface area contributed by atoms with E-state index in [2.05, 4.69) is 36.2 Å². The number of nitrogens with zero attached hydrogens (tertiary/aromatic N) is 5. The van der Waals surface area contributed by atoms with Gasteiger partial charge < -0.3 is 20.5 Å². The maximum Gasteiger partial charge on any atom is 0.233 e. The molecule has 3 aromatic heterocycles. The van der Waals surface area contributed by atoms with E-state index in [9.17, 15) is 0 Å². The minimum absolute atomic E-state index is 0.0757. The molecule has 11 heteroatoms. The summed E-state index contributed by atoms with van der Waals surface area (Å²) < 4.78 is 25.6. The third kappa shape index (κ3) is 3.78. The number of hydrogen-bond acceptors (Lipinski definition) is 10. The standard InChI is InChI=1S/C23H22FN7O2S/c1-4-7-33-17-11-27-18-15(30-17)5-6-26-20(18)29-13-8-14(19(24)28-10-13)22(2)16-9-23(16,12-32-3)34-21(25)31-22/h1,5-6,8,10-11,16H,7,9,12H2,2-3H3,(H2,25,31)(H,26,29)/t16-,22+,23+/m0/s1. The average molecular weight is 480 g/mol. The van der Waals surface area contributed by atoms with Crippen LogP contribution in [0, 0.1) is 24.2 Å². The molecular weight excluding hydrogens is 457 g/mol. The molecule has 0 aromatic carbocycles. The molecule has 2 aliphatic rings. The first-order valence-corrected chi connectivity index (χ1v) is 11.3. The number of terminal acetylenes is 1. The van der Waals surface area contributed by atoms with Gasteiger partial charge in [0.15, 0.2) is 17.6 Å². The van der Waals surface area contributed by atoms with Gasteiger partial charge in [0.1, 0.15) is 5.52 Å². The van der Waals surface area contributed by atoms with Crippen LogP contribution in [-0.4, -0.2) is 50.2 Å². The quantitative estimate of drug-likeness (QED) is 0.389. The van der Waals surface area contributed by atoms with Crippen LogP contribution >= 0.6 is 11.8 Å². The Hall–Kier alpha value is -3.49. The minimum atomic E-state index is -0.863. The Morgan fingerprint density at radius 1 is 1.35 bits per heavy atom. The van der Waals surface area contributed by atoms with E-state index in [-0.39, 0.29) is 17.3 Å². The smallest absolute Gasteiger partial charge is 0.233 e. The highest BCUT2D eigenvalue weighted by molar-refractivity contribution is 8.15. The van der Waals surface area contributed by atoms with Crippen LogP contribution < -0.4 is 15.8 Å². The molecule has 174 valence electrons. The van der Waals surface area contributed by atoms with Crippen molar-refractivity contribution < 1.29 is 13.9 Å². The first kappa shape index (κ1) is 22.3. The Bertz CT molecular complexity index is 1350. The largest absolute Gasteiger partial charge is 0.463 e. The van der Waals surface area contributed by atoms with Crippen LogP contribution in [0.1, 0.15) is 18.9 Å². The summed E-state index contributed by atoms with van der Waals surface area (Å²) >= 11 is 1.50.